The van der Waals surface area contributed by atoms with Gasteiger partial charge in [-0.25, -0.2) is 0 Å². The second-order valence-electron chi connectivity index (χ2n) is 4.69. The largest absolute Gasteiger partial charge is 0.378 e. The van der Waals surface area contributed by atoms with Crippen LogP contribution in [0, 0.1) is 0 Å². The summed E-state index contributed by atoms with van der Waals surface area (Å²) in [5.74, 6) is 0.00851. The summed E-state index contributed by atoms with van der Waals surface area (Å²) >= 11 is 3.36. The molecule has 2 rings (SSSR count). The molecule has 0 atom stereocenters. The Labute approximate surface area is 127 Å². The number of anilines is 1. The van der Waals surface area contributed by atoms with Crippen molar-refractivity contribution in [3.05, 3.63) is 70.2 Å². The van der Waals surface area contributed by atoms with Crippen LogP contribution in [0.2, 0.25) is 0 Å². The molecule has 0 aromatic heterocycles. The molecular weight excluding hydrogens is 314 g/mol. The van der Waals surface area contributed by atoms with E-state index in [2.05, 4.69) is 15.9 Å². The van der Waals surface area contributed by atoms with Gasteiger partial charge < -0.3 is 4.90 Å². The van der Waals surface area contributed by atoms with E-state index in [1.54, 1.807) is 6.08 Å². The maximum atomic E-state index is 12.0. The van der Waals surface area contributed by atoms with E-state index in [4.69, 9.17) is 0 Å². The Kier molecular flexibility index (Phi) is 4.74. The number of hydrogen-bond acceptors (Lipinski definition) is 2. The Bertz CT molecular complexity index is 612. The third kappa shape index (κ3) is 3.81. The van der Waals surface area contributed by atoms with Crippen LogP contribution in [0.3, 0.4) is 0 Å². The first-order valence-electron chi connectivity index (χ1n) is 6.31. The van der Waals surface area contributed by atoms with Crippen LogP contribution in [0.25, 0.3) is 6.08 Å². The van der Waals surface area contributed by atoms with Crippen molar-refractivity contribution < 1.29 is 4.79 Å². The first kappa shape index (κ1) is 14.5. The number of halogens is 1. The summed E-state index contributed by atoms with van der Waals surface area (Å²) in [5, 5.41) is 0. The lowest BCUT2D eigenvalue weighted by molar-refractivity contribution is 0.104. The van der Waals surface area contributed by atoms with Crippen LogP contribution in [0.4, 0.5) is 5.69 Å². The van der Waals surface area contributed by atoms with Gasteiger partial charge in [0, 0.05) is 29.8 Å². The molecule has 2 aromatic carbocycles. The summed E-state index contributed by atoms with van der Waals surface area (Å²) < 4.78 is 0.970. The quantitative estimate of drug-likeness (QED) is 0.611. The molecule has 0 aliphatic rings. The molecule has 0 heterocycles. The van der Waals surface area contributed by atoms with Crippen LogP contribution < -0.4 is 4.90 Å². The summed E-state index contributed by atoms with van der Waals surface area (Å²) in [6, 6.07) is 15.4. The summed E-state index contributed by atoms with van der Waals surface area (Å²) in [6.07, 6.45) is 3.44. The summed E-state index contributed by atoms with van der Waals surface area (Å²) in [7, 11) is 4.00. The maximum absolute atomic E-state index is 12.0. The van der Waals surface area contributed by atoms with E-state index in [0.717, 1.165) is 15.7 Å². The molecular formula is C17H16BrNO. The van der Waals surface area contributed by atoms with Crippen LogP contribution in [0.5, 0.6) is 0 Å². The third-order valence-corrected chi connectivity index (χ3v) is 3.49. The van der Waals surface area contributed by atoms with E-state index >= 15 is 0 Å². The van der Waals surface area contributed by atoms with Crippen molar-refractivity contribution >= 4 is 33.5 Å². The first-order chi connectivity index (χ1) is 9.56. The Balaban J connectivity index is 2.08. The average Bonchev–Trinajstić information content (AvgIpc) is 2.46. The van der Waals surface area contributed by atoms with Gasteiger partial charge in [-0.1, -0.05) is 34.1 Å². The number of benzene rings is 2. The van der Waals surface area contributed by atoms with Crippen LogP contribution >= 0.6 is 15.9 Å². The predicted molar refractivity (Wildman–Crippen MR) is 88.3 cm³/mol. The van der Waals surface area contributed by atoms with Gasteiger partial charge in [0.15, 0.2) is 5.78 Å². The van der Waals surface area contributed by atoms with Gasteiger partial charge in [-0.05, 0) is 48.0 Å². The molecule has 2 aromatic rings. The van der Waals surface area contributed by atoms with E-state index in [0.29, 0.717) is 5.56 Å². The average molecular weight is 330 g/mol. The Morgan fingerprint density at radius 3 is 2.15 bits per heavy atom. The van der Waals surface area contributed by atoms with Crippen molar-refractivity contribution in [3.8, 4) is 0 Å². The highest BCUT2D eigenvalue weighted by atomic mass is 79.9. The topological polar surface area (TPSA) is 20.3 Å². The Morgan fingerprint density at radius 1 is 1.00 bits per heavy atom. The van der Waals surface area contributed by atoms with Crippen LogP contribution in [-0.4, -0.2) is 19.9 Å². The molecule has 0 N–H and O–H groups in total. The number of ketones is 1. The van der Waals surface area contributed by atoms with Crippen molar-refractivity contribution in [2.45, 2.75) is 0 Å². The predicted octanol–water partition coefficient (Wildman–Crippen LogP) is 4.41. The van der Waals surface area contributed by atoms with Crippen LogP contribution in [-0.2, 0) is 0 Å². The molecule has 0 saturated heterocycles. The van der Waals surface area contributed by atoms with Gasteiger partial charge in [-0.3, -0.25) is 4.79 Å². The summed E-state index contributed by atoms with van der Waals surface area (Å²) in [4.78, 5) is 14.0. The van der Waals surface area contributed by atoms with Crippen molar-refractivity contribution in [3.63, 3.8) is 0 Å². The minimum absolute atomic E-state index is 0.00851. The second kappa shape index (κ2) is 6.53. The standard InChI is InChI=1S/C17H16BrNO/c1-19(2)16-10-3-13(4-11-16)5-12-17(20)14-6-8-15(18)9-7-14/h3-12H,1-2H3/b12-5-. The van der Waals surface area contributed by atoms with E-state index in [9.17, 15) is 4.79 Å². The van der Waals surface area contributed by atoms with E-state index < -0.39 is 0 Å². The molecule has 102 valence electrons. The molecule has 0 bridgehead atoms. The molecule has 2 nitrogen and oxygen atoms in total. The normalized spacial score (nSPS) is 10.8. The zero-order valence-electron chi connectivity index (χ0n) is 11.5. The Morgan fingerprint density at radius 2 is 1.60 bits per heavy atom. The highest BCUT2D eigenvalue weighted by Crippen LogP contribution is 2.14. The van der Waals surface area contributed by atoms with Crippen molar-refractivity contribution in [1.29, 1.82) is 0 Å². The fourth-order valence-electron chi connectivity index (χ4n) is 1.77. The fourth-order valence-corrected chi connectivity index (χ4v) is 2.03. The number of carbonyl (C=O) groups excluding carboxylic acids is 1. The molecule has 0 amide bonds. The second-order valence-corrected chi connectivity index (χ2v) is 5.61. The van der Waals surface area contributed by atoms with Crippen molar-refractivity contribution in [2.75, 3.05) is 19.0 Å². The zero-order valence-corrected chi connectivity index (χ0v) is 13.1. The SMILES string of the molecule is CN(C)c1ccc(/C=C\C(=O)c2ccc(Br)cc2)cc1. The molecule has 0 unspecified atom stereocenters. The van der Waals surface area contributed by atoms with Gasteiger partial charge in [-0.15, -0.1) is 0 Å². The van der Waals surface area contributed by atoms with Crippen LogP contribution in [0.15, 0.2) is 59.1 Å². The smallest absolute Gasteiger partial charge is 0.185 e. The van der Waals surface area contributed by atoms with Gasteiger partial charge in [0.2, 0.25) is 0 Å². The minimum Gasteiger partial charge on any atom is -0.378 e. The highest BCUT2D eigenvalue weighted by molar-refractivity contribution is 9.10. The van der Waals surface area contributed by atoms with Gasteiger partial charge in [0.1, 0.15) is 0 Å². The Hall–Kier alpha value is -1.87. The molecule has 0 radical (unpaired) electrons. The number of nitrogens with zero attached hydrogens (tertiary/aromatic N) is 1. The van der Waals surface area contributed by atoms with Crippen molar-refractivity contribution in [1.82, 2.24) is 0 Å². The fraction of sp³-hybridized carbons (Fsp3) is 0.118. The molecule has 20 heavy (non-hydrogen) atoms. The lowest BCUT2D eigenvalue weighted by Gasteiger charge is -2.11. The number of rotatable bonds is 4. The minimum atomic E-state index is 0.00851. The molecule has 0 spiro atoms. The monoisotopic (exact) mass is 329 g/mol. The maximum Gasteiger partial charge on any atom is 0.185 e. The number of carbonyl (C=O) groups is 1. The number of allylic oxidation sites excluding steroid dienone is 1. The molecule has 0 saturated carbocycles. The van der Waals surface area contributed by atoms with Crippen LogP contribution in [0.1, 0.15) is 15.9 Å². The highest BCUT2D eigenvalue weighted by Gasteiger charge is 2.01. The van der Waals surface area contributed by atoms with Gasteiger partial charge >= 0.3 is 0 Å². The summed E-state index contributed by atoms with van der Waals surface area (Å²) in [5.41, 5.74) is 2.84. The molecule has 0 fully saturated rings. The van der Waals surface area contributed by atoms with Gasteiger partial charge in [-0.2, -0.15) is 0 Å². The third-order valence-electron chi connectivity index (χ3n) is 2.97. The molecule has 0 aliphatic carbocycles. The van der Waals surface area contributed by atoms with Gasteiger partial charge in [0.25, 0.3) is 0 Å². The first-order valence-corrected chi connectivity index (χ1v) is 7.11. The zero-order chi connectivity index (χ0) is 14.5. The summed E-state index contributed by atoms with van der Waals surface area (Å²) in [6.45, 7) is 0. The molecule has 3 heteroatoms. The number of hydrogen-bond donors (Lipinski definition) is 0. The van der Waals surface area contributed by atoms with E-state index in [1.165, 1.54) is 0 Å². The van der Waals surface area contributed by atoms with Crippen molar-refractivity contribution in [2.24, 2.45) is 0 Å². The lowest BCUT2D eigenvalue weighted by atomic mass is 10.1. The van der Waals surface area contributed by atoms with E-state index in [-0.39, 0.29) is 5.78 Å². The van der Waals surface area contributed by atoms with E-state index in [1.807, 2.05) is 73.6 Å². The lowest BCUT2D eigenvalue weighted by Crippen LogP contribution is -2.07. The molecule has 0 aliphatic heterocycles. The van der Waals surface area contributed by atoms with Gasteiger partial charge in [0.05, 0.1) is 0 Å².